The van der Waals surface area contributed by atoms with Gasteiger partial charge in [-0.2, -0.15) is 13.2 Å². The third-order valence-corrected chi connectivity index (χ3v) is 3.06. The highest BCUT2D eigenvalue weighted by Gasteiger charge is 2.37. The molecule has 0 atom stereocenters. The van der Waals surface area contributed by atoms with Crippen LogP contribution >= 0.6 is 0 Å². The van der Waals surface area contributed by atoms with Crippen molar-refractivity contribution in [3.63, 3.8) is 0 Å². The molecule has 0 amide bonds. The van der Waals surface area contributed by atoms with E-state index >= 15 is 0 Å². The zero-order chi connectivity index (χ0) is 15.7. The normalized spacial score (nSPS) is 11.6. The molecule has 0 fully saturated rings. The Hall–Kier alpha value is -2.83. The van der Waals surface area contributed by atoms with Gasteiger partial charge in [-0.05, 0) is 0 Å². The van der Waals surface area contributed by atoms with Crippen molar-refractivity contribution in [1.82, 2.24) is 15.0 Å². The Morgan fingerprint density at radius 1 is 1.05 bits per heavy atom. The van der Waals surface area contributed by atoms with Gasteiger partial charge in [0.2, 0.25) is 0 Å². The number of nitrogens with zero attached hydrogens (tertiary/aromatic N) is 1. The van der Waals surface area contributed by atoms with Crippen molar-refractivity contribution in [3.8, 4) is 22.8 Å². The molecule has 7 heteroatoms. The third kappa shape index (κ3) is 2.65. The molecule has 0 unspecified atom stereocenters. The highest BCUT2D eigenvalue weighted by Crippen LogP contribution is 2.36. The SMILES string of the molecule is O=c1cc[nH]c(-c2nc(-c3ccccc3)c(C(F)(F)F)[nH]2)c1. The Bertz CT molecular complexity index is 850. The number of alkyl halides is 3. The molecule has 1 aromatic carbocycles. The van der Waals surface area contributed by atoms with Crippen LogP contribution in [-0.2, 0) is 6.18 Å². The summed E-state index contributed by atoms with van der Waals surface area (Å²) in [7, 11) is 0. The van der Waals surface area contributed by atoms with Crippen LogP contribution in [0.4, 0.5) is 13.2 Å². The summed E-state index contributed by atoms with van der Waals surface area (Å²) in [5.74, 6) is -0.0381. The minimum atomic E-state index is -4.58. The Kier molecular flexibility index (Phi) is 3.32. The first-order valence-corrected chi connectivity index (χ1v) is 6.37. The molecule has 3 rings (SSSR count). The second-order valence-electron chi connectivity index (χ2n) is 4.61. The van der Waals surface area contributed by atoms with Crippen molar-refractivity contribution in [3.05, 3.63) is 64.6 Å². The molecule has 4 nitrogen and oxygen atoms in total. The number of benzene rings is 1. The molecule has 2 heterocycles. The van der Waals surface area contributed by atoms with Gasteiger partial charge in [-0.25, -0.2) is 4.98 Å². The lowest BCUT2D eigenvalue weighted by Gasteiger charge is -2.06. The number of nitrogens with one attached hydrogen (secondary N) is 2. The molecule has 0 bridgehead atoms. The lowest BCUT2D eigenvalue weighted by atomic mass is 10.1. The predicted octanol–water partition coefficient (Wildman–Crippen LogP) is 3.45. The molecule has 0 saturated heterocycles. The van der Waals surface area contributed by atoms with Crippen LogP contribution in [0.3, 0.4) is 0 Å². The van der Waals surface area contributed by atoms with Gasteiger partial charge in [0.15, 0.2) is 11.3 Å². The maximum Gasteiger partial charge on any atom is 0.433 e. The Labute approximate surface area is 122 Å². The molecule has 0 spiro atoms. The van der Waals surface area contributed by atoms with E-state index in [4.69, 9.17) is 0 Å². The fraction of sp³-hybridized carbons (Fsp3) is 0.0667. The van der Waals surface area contributed by atoms with Gasteiger partial charge >= 0.3 is 6.18 Å². The maximum absolute atomic E-state index is 13.2. The second-order valence-corrected chi connectivity index (χ2v) is 4.61. The van der Waals surface area contributed by atoms with Gasteiger partial charge < -0.3 is 9.97 Å². The van der Waals surface area contributed by atoms with Crippen molar-refractivity contribution in [1.29, 1.82) is 0 Å². The van der Waals surface area contributed by atoms with E-state index in [1.54, 1.807) is 30.3 Å². The summed E-state index contributed by atoms with van der Waals surface area (Å²) in [5.41, 5.74) is -0.929. The van der Waals surface area contributed by atoms with Crippen molar-refractivity contribution < 1.29 is 13.2 Å². The average molecular weight is 305 g/mol. The minimum absolute atomic E-state index is 0.0381. The molecule has 2 aromatic heterocycles. The van der Waals surface area contributed by atoms with Crippen LogP contribution in [0, 0.1) is 0 Å². The summed E-state index contributed by atoms with van der Waals surface area (Å²) >= 11 is 0. The van der Waals surface area contributed by atoms with E-state index in [9.17, 15) is 18.0 Å². The number of hydrogen-bond acceptors (Lipinski definition) is 2. The Balaban J connectivity index is 2.20. The summed E-state index contributed by atoms with van der Waals surface area (Å²) < 4.78 is 39.6. The average Bonchev–Trinajstić information content (AvgIpc) is 2.93. The van der Waals surface area contributed by atoms with Gasteiger partial charge in [0.05, 0.1) is 5.69 Å². The highest BCUT2D eigenvalue weighted by atomic mass is 19.4. The lowest BCUT2D eigenvalue weighted by molar-refractivity contribution is -0.140. The largest absolute Gasteiger partial charge is 0.433 e. The summed E-state index contributed by atoms with van der Waals surface area (Å²) in [5, 5.41) is 0. The third-order valence-electron chi connectivity index (χ3n) is 3.06. The summed E-state index contributed by atoms with van der Waals surface area (Å²) in [6, 6.07) is 10.5. The zero-order valence-corrected chi connectivity index (χ0v) is 11.1. The molecule has 3 aromatic rings. The van der Waals surface area contributed by atoms with E-state index in [0.717, 1.165) is 0 Å². The quantitative estimate of drug-likeness (QED) is 0.761. The molecule has 0 radical (unpaired) electrons. The van der Waals surface area contributed by atoms with Crippen molar-refractivity contribution in [2.45, 2.75) is 6.18 Å². The van der Waals surface area contributed by atoms with Crippen molar-refractivity contribution in [2.24, 2.45) is 0 Å². The standard InChI is InChI=1S/C15H10F3N3O/c16-15(17,18)13-12(9-4-2-1-3-5-9)20-14(21-13)11-8-10(22)6-7-19-11/h1-8H,(H,19,22)(H,20,21). The number of pyridine rings is 1. The van der Waals surface area contributed by atoms with Gasteiger partial charge in [0.25, 0.3) is 0 Å². The van der Waals surface area contributed by atoms with Crippen molar-refractivity contribution in [2.75, 3.05) is 0 Å². The number of halogens is 3. The summed E-state index contributed by atoms with van der Waals surface area (Å²) in [4.78, 5) is 20.3. The van der Waals surface area contributed by atoms with Crippen LogP contribution in [0.25, 0.3) is 22.8 Å². The number of imidazole rings is 1. The summed E-state index contributed by atoms with van der Waals surface area (Å²) in [6.07, 6.45) is -3.22. The van der Waals surface area contributed by atoms with Crippen molar-refractivity contribution >= 4 is 0 Å². The second kappa shape index (κ2) is 5.18. The first-order chi connectivity index (χ1) is 10.4. The molecule has 0 aliphatic rings. The van der Waals surface area contributed by atoms with Gasteiger partial charge in [0, 0.05) is 23.9 Å². The molecule has 0 aliphatic carbocycles. The molecule has 112 valence electrons. The van der Waals surface area contributed by atoms with E-state index in [2.05, 4.69) is 15.0 Å². The first kappa shape index (κ1) is 14.1. The Morgan fingerprint density at radius 2 is 1.77 bits per heavy atom. The van der Waals surface area contributed by atoms with Gasteiger partial charge in [0.1, 0.15) is 11.4 Å². The van der Waals surface area contributed by atoms with E-state index in [1.165, 1.54) is 18.3 Å². The number of H-pyrrole nitrogens is 2. The fourth-order valence-corrected chi connectivity index (χ4v) is 2.09. The molecule has 0 saturated carbocycles. The van der Waals surface area contributed by atoms with E-state index in [-0.39, 0.29) is 22.6 Å². The van der Waals surface area contributed by atoms with Crippen LogP contribution in [0.5, 0.6) is 0 Å². The number of rotatable bonds is 2. The smallest absolute Gasteiger partial charge is 0.358 e. The monoisotopic (exact) mass is 305 g/mol. The molecular formula is C15H10F3N3O. The van der Waals surface area contributed by atoms with Crippen LogP contribution in [-0.4, -0.2) is 15.0 Å². The van der Waals surface area contributed by atoms with Crippen LogP contribution in [0.15, 0.2) is 53.5 Å². The number of aromatic amines is 2. The Morgan fingerprint density at radius 3 is 2.41 bits per heavy atom. The predicted molar refractivity (Wildman–Crippen MR) is 75.1 cm³/mol. The first-order valence-electron chi connectivity index (χ1n) is 6.37. The minimum Gasteiger partial charge on any atom is -0.358 e. The number of hydrogen-bond donors (Lipinski definition) is 2. The van der Waals surface area contributed by atoms with Gasteiger partial charge in [-0.3, -0.25) is 4.79 Å². The molecule has 0 aliphatic heterocycles. The lowest BCUT2D eigenvalue weighted by Crippen LogP contribution is -2.07. The maximum atomic E-state index is 13.2. The molecule has 2 N–H and O–H groups in total. The summed E-state index contributed by atoms with van der Waals surface area (Å²) in [6.45, 7) is 0. The van der Waals surface area contributed by atoms with Gasteiger partial charge in [-0.1, -0.05) is 30.3 Å². The van der Waals surface area contributed by atoms with Crippen LogP contribution in [0.2, 0.25) is 0 Å². The zero-order valence-electron chi connectivity index (χ0n) is 11.1. The fourth-order valence-electron chi connectivity index (χ4n) is 2.09. The highest BCUT2D eigenvalue weighted by molar-refractivity contribution is 5.66. The topological polar surface area (TPSA) is 61.5 Å². The van der Waals surface area contributed by atoms with E-state index in [0.29, 0.717) is 5.56 Å². The number of aromatic nitrogens is 3. The van der Waals surface area contributed by atoms with Gasteiger partial charge in [-0.15, -0.1) is 0 Å². The molecular weight excluding hydrogens is 295 g/mol. The van der Waals surface area contributed by atoms with E-state index < -0.39 is 11.9 Å². The van der Waals surface area contributed by atoms with Crippen LogP contribution in [0.1, 0.15) is 5.69 Å². The van der Waals surface area contributed by atoms with Crippen LogP contribution < -0.4 is 5.43 Å². The van der Waals surface area contributed by atoms with E-state index in [1.807, 2.05) is 0 Å². The molecule has 22 heavy (non-hydrogen) atoms.